The van der Waals surface area contributed by atoms with E-state index in [9.17, 15) is 14.9 Å². The number of aryl methyl sites for hydroxylation is 2. The fourth-order valence-electron chi connectivity index (χ4n) is 2.88. The van der Waals surface area contributed by atoms with E-state index in [0.29, 0.717) is 39.6 Å². The Kier molecular flexibility index (Phi) is 3.06. The molecule has 0 atom stereocenters. The second-order valence-corrected chi connectivity index (χ2v) is 6.25. The van der Waals surface area contributed by atoms with Gasteiger partial charge in [0.05, 0.1) is 4.92 Å². The summed E-state index contributed by atoms with van der Waals surface area (Å²) < 4.78 is 7.37. The van der Waals surface area contributed by atoms with Gasteiger partial charge in [0.1, 0.15) is 5.52 Å². The van der Waals surface area contributed by atoms with Crippen molar-refractivity contribution in [2.45, 2.75) is 25.7 Å². The molecule has 24 heavy (non-hydrogen) atoms. The van der Waals surface area contributed by atoms with Crippen molar-refractivity contribution in [1.29, 1.82) is 0 Å². The number of nitro benzene ring substituents is 1. The number of benzene rings is 1. The van der Waals surface area contributed by atoms with E-state index in [1.807, 2.05) is 0 Å². The molecule has 7 nitrogen and oxygen atoms in total. The maximum atomic E-state index is 11.9. The van der Waals surface area contributed by atoms with Crippen molar-refractivity contribution in [3.8, 4) is 11.1 Å². The lowest BCUT2D eigenvalue weighted by Crippen LogP contribution is -2.18. The van der Waals surface area contributed by atoms with Gasteiger partial charge in [-0.1, -0.05) is 0 Å². The van der Waals surface area contributed by atoms with E-state index in [0.717, 1.165) is 12.8 Å². The first-order valence-corrected chi connectivity index (χ1v) is 7.70. The van der Waals surface area contributed by atoms with Crippen molar-refractivity contribution in [1.82, 2.24) is 9.55 Å². The monoisotopic (exact) mass is 325 g/mol. The summed E-state index contributed by atoms with van der Waals surface area (Å²) in [5.41, 5.74) is 2.71. The van der Waals surface area contributed by atoms with Gasteiger partial charge in [0.15, 0.2) is 11.5 Å². The van der Waals surface area contributed by atoms with E-state index in [1.54, 1.807) is 26.2 Å². The second kappa shape index (κ2) is 5.02. The summed E-state index contributed by atoms with van der Waals surface area (Å²) in [7, 11) is 1.66. The number of non-ortho nitro benzene ring substituents is 1. The van der Waals surface area contributed by atoms with Crippen molar-refractivity contribution < 1.29 is 9.34 Å². The predicted molar refractivity (Wildman–Crippen MR) is 88.1 cm³/mol. The molecule has 2 aromatic heterocycles. The summed E-state index contributed by atoms with van der Waals surface area (Å²) in [5, 5.41) is 11.3. The van der Waals surface area contributed by atoms with Crippen molar-refractivity contribution in [2.75, 3.05) is 0 Å². The van der Waals surface area contributed by atoms with Crippen LogP contribution in [0.4, 0.5) is 5.69 Å². The van der Waals surface area contributed by atoms with E-state index in [1.165, 1.54) is 16.7 Å². The lowest BCUT2D eigenvalue weighted by molar-refractivity contribution is -0.384. The molecule has 1 fully saturated rings. The van der Waals surface area contributed by atoms with Crippen LogP contribution in [-0.2, 0) is 7.05 Å². The Bertz CT molecular complexity index is 1020. The molecule has 4 rings (SSSR count). The number of oxazole rings is 1. The molecule has 0 N–H and O–H groups in total. The third kappa shape index (κ3) is 2.29. The number of rotatable bonds is 3. The molecule has 1 aromatic carbocycles. The van der Waals surface area contributed by atoms with Gasteiger partial charge in [-0.05, 0) is 25.8 Å². The van der Waals surface area contributed by atoms with Gasteiger partial charge in [-0.3, -0.25) is 14.9 Å². The zero-order valence-corrected chi connectivity index (χ0v) is 13.3. The molecule has 0 radical (unpaired) electrons. The first-order valence-electron chi connectivity index (χ1n) is 7.70. The first kappa shape index (κ1) is 14.6. The molecule has 0 spiro atoms. The van der Waals surface area contributed by atoms with Crippen LogP contribution in [0.2, 0.25) is 0 Å². The fraction of sp³-hybridized carbons (Fsp3) is 0.294. The van der Waals surface area contributed by atoms with Crippen LogP contribution in [0.15, 0.2) is 33.6 Å². The number of nitro groups is 1. The first-order chi connectivity index (χ1) is 11.4. The van der Waals surface area contributed by atoms with Crippen LogP contribution < -0.4 is 5.56 Å². The molecule has 0 saturated heterocycles. The van der Waals surface area contributed by atoms with E-state index >= 15 is 0 Å². The van der Waals surface area contributed by atoms with E-state index in [2.05, 4.69) is 4.98 Å². The molecule has 0 unspecified atom stereocenters. The third-order valence-electron chi connectivity index (χ3n) is 4.30. The van der Waals surface area contributed by atoms with Gasteiger partial charge in [0.25, 0.3) is 11.2 Å². The summed E-state index contributed by atoms with van der Waals surface area (Å²) >= 11 is 0. The number of fused-ring (bicyclic) bond motifs is 1. The number of hydrogen-bond donors (Lipinski definition) is 0. The van der Waals surface area contributed by atoms with Gasteiger partial charge in [0, 0.05) is 48.0 Å². The molecule has 2 heterocycles. The molecule has 7 heteroatoms. The minimum absolute atomic E-state index is 0.0420. The van der Waals surface area contributed by atoms with E-state index in [4.69, 9.17) is 4.42 Å². The predicted octanol–water partition coefficient (Wildman–Crippen LogP) is 3.29. The van der Waals surface area contributed by atoms with Gasteiger partial charge in [-0.2, -0.15) is 0 Å². The number of aromatic nitrogens is 2. The molecular weight excluding hydrogens is 310 g/mol. The maximum absolute atomic E-state index is 11.9. The second-order valence-electron chi connectivity index (χ2n) is 6.25. The van der Waals surface area contributed by atoms with E-state index in [-0.39, 0.29) is 11.2 Å². The minimum Gasteiger partial charge on any atom is -0.440 e. The molecule has 3 aromatic rings. The van der Waals surface area contributed by atoms with Crippen LogP contribution in [0.5, 0.6) is 0 Å². The topological polar surface area (TPSA) is 91.2 Å². The standard InChI is InChI=1S/C17H15N3O4/c1-9-5-11(8-19(2)17(9)21)13-6-12(20(22)23)7-14-15(13)24-16(18-14)10-3-4-10/h5-8,10H,3-4H2,1-2H3. The van der Waals surface area contributed by atoms with Crippen LogP contribution in [0.3, 0.4) is 0 Å². The van der Waals surface area contributed by atoms with Gasteiger partial charge in [0.2, 0.25) is 0 Å². The lowest BCUT2D eigenvalue weighted by Gasteiger charge is -2.07. The van der Waals surface area contributed by atoms with Crippen LogP contribution in [-0.4, -0.2) is 14.5 Å². The highest BCUT2D eigenvalue weighted by Crippen LogP contribution is 2.42. The smallest absolute Gasteiger partial charge is 0.272 e. The van der Waals surface area contributed by atoms with Crippen molar-refractivity contribution in [2.24, 2.45) is 7.05 Å². The highest BCUT2D eigenvalue weighted by molar-refractivity contribution is 5.92. The summed E-state index contributed by atoms with van der Waals surface area (Å²) in [6.07, 6.45) is 3.72. The Hall–Kier alpha value is -2.96. The number of nitrogens with zero attached hydrogens (tertiary/aromatic N) is 3. The largest absolute Gasteiger partial charge is 0.440 e. The molecule has 0 amide bonds. The van der Waals surface area contributed by atoms with Gasteiger partial charge in [-0.25, -0.2) is 4.98 Å². The third-order valence-corrected chi connectivity index (χ3v) is 4.30. The van der Waals surface area contributed by atoms with Crippen LogP contribution in [0.25, 0.3) is 22.2 Å². The lowest BCUT2D eigenvalue weighted by atomic mass is 10.0. The fourth-order valence-corrected chi connectivity index (χ4v) is 2.88. The Morgan fingerprint density at radius 2 is 2.08 bits per heavy atom. The Morgan fingerprint density at radius 3 is 2.71 bits per heavy atom. The zero-order valence-electron chi connectivity index (χ0n) is 13.3. The highest BCUT2D eigenvalue weighted by atomic mass is 16.6. The quantitative estimate of drug-likeness (QED) is 0.544. The van der Waals surface area contributed by atoms with E-state index < -0.39 is 4.92 Å². The summed E-state index contributed by atoms with van der Waals surface area (Å²) in [4.78, 5) is 27.2. The van der Waals surface area contributed by atoms with Crippen LogP contribution in [0.1, 0.15) is 30.2 Å². The SMILES string of the molecule is Cc1cc(-c2cc([N+](=O)[O-])cc3nc(C4CC4)oc23)cn(C)c1=O. The summed E-state index contributed by atoms with van der Waals surface area (Å²) in [6, 6.07) is 4.63. The maximum Gasteiger partial charge on any atom is 0.272 e. The van der Waals surface area contributed by atoms with Gasteiger partial charge < -0.3 is 8.98 Å². The van der Waals surface area contributed by atoms with Crippen molar-refractivity contribution in [3.63, 3.8) is 0 Å². The minimum atomic E-state index is -0.441. The highest BCUT2D eigenvalue weighted by Gasteiger charge is 2.30. The molecule has 1 aliphatic carbocycles. The summed E-state index contributed by atoms with van der Waals surface area (Å²) in [5.74, 6) is 0.944. The number of hydrogen-bond acceptors (Lipinski definition) is 5. The van der Waals surface area contributed by atoms with Crippen LogP contribution >= 0.6 is 0 Å². The Balaban J connectivity index is 2.01. The average Bonchev–Trinajstić information content (AvgIpc) is 3.30. The Labute approximate surface area is 136 Å². The van der Waals surface area contributed by atoms with Crippen LogP contribution in [0, 0.1) is 17.0 Å². The molecule has 1 saturated carbocycles. The molecule has 122 valence electrons. The van der Waals surface area contributed by atoms with Crippen molar-refractivity contribution in [3.05, 3.63) is 56.3 Å². The Morgan fingerprint density at radius 1 is 1.33 bits per heavy atom. The molecule has 0 bridgehead atoms. The molecule has 0 aliphatic heterocycles. The zero-order chi connectivity index (χ0) is 17.0. The normalized spacial score (nSPS) is 14.2. The van der Waals surface area contributed by atoms with Gasteiger partial charge >= 0.3 is 0 Å². The van der Waals surface area contributed by atoms with Gasteiger partial charge in [-0.15, -0.1) is 0 Å². The summed E-state index contributed by atoms with van der Waals surface area (Å²) in [6.45, 7) is 1.72. The number of pyridine rings is 1. The van der Waals surface area contributed by atoms with Crippen molar-refractivity contribution >= 4 is 16.8 Å². The average molecular weight is 325 g/mol. The molecule has 1 aliphatic rings. The molecular formula is C17H15N3O4.